The number of anilines is 1. The number of benzene rings is 1. The fourth-order valence-electron chi connectivity index (χ4n) is 3.49. The zero-order valence-electron chi connectivity index (χ0n) is 14.4. The molecule has 1 aromatic carbocycles. The van der Waals surface area contributed by atoms with Crippen molar-refractivity contribution in [3.05, 3.63) is 59.4 Å². The molecule has 1 aliphatic rings. The van der Waals surface area contributed by atoms with Crippen LogP contribution in [0.25, 0.3) is 0 Å². The Labute approximate surface area is 138 Å². The van der Waals surface area contributed by atoms with Crippen molar-refractivity contribution in [3.63, 3.8) is 0 Å². The van der Waals surface area contributed by atoms with Gasteiger partial charge in [-0.15, -0.1) is 0 Å². The third kappa shape index (κ3) is 2.76. The van der Waals surface area contributed by atoms with Gasteiger partial charge in [-0.3, -0.25) is 4.79 Å². The van der Waals surface area contributed by atoms with Crippen molar-refractivity contribution in [1.82, 2.24) is 0 Å². The van der Waals surface area contributed by atoms with E-state index in [1.54, 1.807) is 0 Å². The van der Waals surface area contributed by atoms with Crippen LogP contribution in [-0.4, -0.2) is 11.9 Å². The van der Waals surface area contributed by atoms with Crippen LogP contribution in [0.2, 0.25) is 0 Å². The average molecular weight is 309 g/mol. The molecule has 0 aliphatic carbocycles. The van der Waals surface area contributed by atoms with Crippen molar-refractivity contribution < 1.29 is 9.36 Å². The van der Waals surface area contributed by atoms with Gasteiger partial charge in [0.15, 0.2) is 11.9 Å². The predicted molar refractivity (Wildman–Crippen MR) is 92.6 cm³/mol. The average Bonchev–Trinajstić information content (AvgIpc) is 2.89. The summed E-state index contributed by atoms with van der Waals surface area (Å²) >= 11 is 0. The Morgan fingerprint density at radius 3 is 2.78 bits per heavy atom. The number of carbonyl (C=O) groups is 1. The number of hydrogen-bond donors (Lipinski definition) is 0. The lowest BCUT2D eigenvalue weighted by Gasteiger charge is -2.24. The minimum atomic E-state index is -0.199. The molecule has 1 amide bonds. The van der Waals surface area contributed by atoms with Crippen molar-refractivity contribution in [2.45, 2.75) is 52.6 Å². The van der Waals surface area contributed by atoms with E-state index in [0.717, 1.165) is 24.2 Å². The van der Waals surface area contributed by atoms with Crippen LogP contribution in [-0.2, 0) is 17.6 Å². The maximum Gasteiger partial charge on any atom is 0.296 e. The summed E-state index contributed by atoms with van der Waals surface area (Å²) in [4.78, 5) is 15.2. The Bertz CT molecular complexity index is 738. The van der Waals surface area contributed by atoms with Crippen LogP contribution < -0.4 is 9.47 Å². The summed E-state index contributed by atoms with van der Waals surface area (Å²) < 4.78 is 2.11. The zero-order valence-corrected chi connectivity index (χ0v) is 14.4. The Kier molecular flexibility index (Phi) is 4.20. The van der Waals surface area contributed by atoms with Gasteiger partial charge in [0, 0.05) is 37.2 Å². The fourth-order valence-corrected chi connectivity index (χ4v) is 3.49. The van der Waals surface area contributed by atoms with Gasteiger partial charge in [-0.25, -0.2) is 0 Å². The van der Waals surface area contributed by atoms with E-state index in [4.69, 9.17) is 0 Å². The molecule has 0 saturated carbocycles. The maximum absolute atomic E-state index is 13.2. The van der Waals surface area contributed by atoms with Gasteiger partial charge in [0.25, 0.3) is 5.91 Å². The highest BCUT2D eigenvalue weighted by molar-refractivity contribution is 5.97. The number of rotatable bonds is 3. The lowest BCUT2D eigenvalue weighted by Crippen LogP contribution is -2.51. The number of fused-ring (bicyclic) bond motifs is 1. The third-order valence-corrected chi connectivity index (χ3v) is 4.88. The van der Waals surface area contributed by atoms with E-state index >= 15 is 0 Å². The van der Waals surface area contributed by atoms with Gasteiger partial charge in [0.1, 0.15) is 0 Å². The topological polar surface area (TPSA) is 24.2 Å². The molecule has 2 heterocycles. The molecule has 3 rings (SSSR count). The maximum atomic E-state index is 13.2. The summed E-state index contributed by atoms with van der Waals surface area (Å²) in [7, 11) is 0. The molecule has 2 aromatic rings. The number of aryl methyl sites for hydroxylation is 2. The van der Waals surface area contributed by atoms with Crippen LogP contribution in [0.5, 0.6) is 0 Å². The number of aromatic nitrogens is 1. The van der Waals surface area contributed by atoms with Crippen molar-refractivity contribution in [1.29, 1.82) is 0 Å². The monoisotopic (exact) mass is 309 g/mol. The highest BCUT2D eigenvalue weighted by atomic mass is 16.2. The highest BCUT2D eigenvalue weighted by Crippen LogP contribution is 2.33. The fraction of sp³-hybridized carbons (Fsp3) is 0.400. The normalized spacial score (nSPS) is 17.9. The highest BCUT2D eigenvalue weighted by Gasteiger charge is 2.37. The quantitative estimate of drug-likeness (QED) is 0.798. The largest absolute Gasteiger partial charge is 0.303 e. The Balaban J connectivity index is 1.94. The van der Waals surface area contributed by atoms with Gasteiger partial charge in [-0.2, -0.15) is 4.57 Å². The minimum absolute atomic E-state index is 0.170. The summed E-state index contributed by atoms with van der Waals surface area (Å²) in [6.45, 7) is 8.33. The molecule has 0 unspecified atom stereocenters. The first kappa shape index (κ1) is 15.7. The molecule has 0 saturated heterocycles. The Morgan fingerprint density at radius 1 is 1.30 bits per heavy atom. The van der Waals surface area contributed by atoms with Crippen LogP contribution in [0.15, 0.2) is 42.6 Å². The van der Waals surface area contributed by atoms with Gasteiger partial charge in [-0.05, 0) is 37.5 Å². The minimum Gasteiger partial charge on any atom is -0.303 e. The van der Waals surface area contributed by atoms with Crippen LogP contribution in [0, 0.1) is 6.92 Å². The van der Waals surface area contributed by atoms with Gasteiger partial charge < -0.3 is 4.90 Å². The first-order chi connectivity index (χ1) is 11.0. The van der Waals surface area contributed by atoms with E-state index < -0.39 is 0 Å². The van der Waals surface area contributed by atoms with E-state index in [9.17, 15) is 4.79 Å². The first-order valence-corrected chi connectivity index (χ1v) is 8.44. The van der Waals surface area contributed by atoms with Crippen LogP contribution in [0.3, 0.4) is 0 Å². The predicted octanol–water partition coefficient (Wildman–Crippen LogP) is 3.38. The van der Waals surface area contributed by atoms with Crippen molar-refractivity contribution >= 4 is 11.6 Å². The van der Waals surface area contributed by atoms with Crippen molar-refractivity contribution in [2.24, 2.45) is 0 Å². The summed E-state index contributed by atoms with van der Waals surface area (Å²) in [6.07, 6.45) is 4.03. The van der Waals surface area contributed by atoms with E-state index in [1.165, 1.54) is 11.1 Å². The Hall–Kier alpha value is -2.16. The van der Waals surface area contributed by atoms with Gasteiger partial charge >= 0.3 is 0 Å². The van der Waals surface area contributed by atoms with Gasteiger partial charge in [-0.1, -0.05) is 25.1 Å². The smallest absolute Gasteiger partial charge is 0.296 e. The van der Waals surface area contributed by atoms with E-state index in [2.05, 4.69) is 55.8 Å². The summed E-state index contributed by atoms with van der Waals surface area (Å²) in [5.41, 5.74) is 4.71. The molecule has 0 bridgehead atoms. The number of pyridine rings is 1. The first-order valence-electron chi connectivity index (χ1n) is 8.44. The molecule has 1 aromatic heterocycles. The molecule has 0 spiro atoms. The Morgan fingerprint density at radius 2 is 2.04 bits per heavy atom. The second-order valence-corrected chi connectivity index (χ2v) is 6.51. The molecule has 1 aliphatic heterocycles. The number of para-hydroxylation sites is 1. The summed E-state index contributed by atoms with van der Waals surface area (Å²) in [5, 5.41) is 0. The molecular weight excluding hydrogens is 284 g/mol. The van der Waals surface area contributed by atoms with E-state index in [-0.39, 0.29) is 18.0 Å². The summed E-state index contributed by atoms with van der Waals surface area (Å²) in [5.74, 6) is 0.170. The zero-order chi connectivity index (χ0) is 16.6. The number of carbonyl (C=O) groups excluding carboxylic acids is 1. The number of amides is 1. The molecule has 3 nitrogen and oxygen atoms in total. The second-order valence-electron chi connectivity index (χ2n) is 6.51. The van der Waals surface area contributed by atoms with Crippen LogP contribution in [0.4, 0.5) is 5.69 Å². The van der Waals surface area contributed by atoms with Gasteiger partial charge in [0.05, 0.1) is 0 Å². The SMILES string of the molecule is CCc1ccc(C)[n+]([C@@H](C)C(=O)N2c3ccccc3C[C@H]2C)c1. The lowest BCUT2D eigenvalue weighted by molar-refractivity contribution is -0.711. The molecule has 120 valence electrons. The number of hydrogen-bond acceptors (Lipinski definition) is 1. The summed E-state index contributed by atoms with van der Waals surface area (Å²) in [6, 6.07) is 12.5. The van der Waals surface area contributed by atoms with Crippen molar-refractivity contribution in [3.8, 4) is 0 Å². The molecule has 3 heteroatoms. The molecule has 2 atom stereocenters. The molecule has 0 fully saturated rings. The molecular formula is C20H25N2O+. The third-order valence-electron chi connectivity index (χ3n) is 4.88. The van der Waals surface area contributed by atoms with Crippen LogP contribution in [0.1, 0.15) is 43.6 Å². The standard InChI is InChI=1S/C20H25N2O/c1-5-17-11-10-14(2)21(13-17)16(4)20(23)22-15(3)12-18-8-6-7-9-19(18)22/h6-11,13,15-16H,5,12H2,1-4H3/q+1/t15-,16+/m1/s1. The lowest BCUT2D eigenvalue weighted by atomic mass is 10.1. The molecule has 0 radical (unpaired) electrons. The second kappa shape index (κ2) is 6.15. The van der Waals surface area contributed by atoms with E-state index in [0.29, 0.717) is 0 Å². The molecule has 23 heavy (non-hydrogen) atoms. The number of nitrogens with zero attached hydrogens (tertiary/aromatic N) is 2. The molecule has 0 N–H and O–H groups in total. The van der Waals surface area contributed by atoms with Crippen molar-refractivity contribution in [2.75, 3.05) is 4.90 Å². The van der Waals surface area contributed by atoms with E-state index in [1.807, 2.05) is 24.0 Å². The van der Waals surface area contributed by atoms with Crippen LogP contribution >= 0.6 is 0 Å². The van der Waals surface area contributed by atoms with Gasteiger partial charge in [0.2, 0.25) is 6.04 Å².